The van der Waals surface area contributed by atoms with Crippen LogP contribution in [0.25, 0.3) is 5.57 Å². The number of hydrogen-bond donors (Lipinski definition) is 2. The van der Waals surface area contributed by atoms with Gasteiger partial charge in [-0.25, -0.2) is 4.99 Å². The molecule has 0 fully saturated rings. The van der Waals surface area contributed by atoms with Gasteiger partial charge in [0.15, 0.2) is 0 Å². The number of nitrogens with zero attached hydrogens (tertiary/aromatic N) is 1. The highest BCUT2D eigenvalue weighted by Crippen LogP contribution is 2.22. The van der Waals surface area contributed by atoms with E-state index in [0.29, 0.717) is 11.6 Å². The summed E-state index contributed by atoms with van der Waals surface area (Å²) in [4.78, 5) is 4.42. The minimum absolute atomic E-state index is 0.658. The maximum Gasteiger partial charge on any atom is 0.139 e. The molecule has 3 nitrogen and oxygen atoms in total. The molecule has 0 amide bonds. The third kappa shape index (κ3) is 4.53. The van der Waals surface area contributed by atoms with Crippen LogP contribution in [-0.4, -0.2) is 6.21 Å². The molecular formula is C20H17Cl2N3. The van der Waals surface area contributed by atoms with Crippen LogP contribution in [0.15, 0.2) is 83.9 Å². The normalized spacial score (nSPS) is 15.2. The SMILES string of the molecule is C=C/C(=C1/N=CC=C(NCc2cccc(Cl)c2)N1)c1ccc(Cl)cc1. The fourth-order valence-electron chi connectivity index (χ4n) is 2.45. The van der Waals surface area contributed by atoms with Gasteiger partial charge in [0, 0.05) is 28.4 Å². The van der Waals surface area contributed by atoms with Gasteiger partial charge in [0.25, 0.3) is 0 Å². The molecule has 0 spiro atoms. The van der Waals surface area contributed by atoms with E-state index in [0.717, 1.165) is 33.4 Å². The maximum atomic E-state index is 6.02. The van der Waals surface area contributed by atoms with Crippen LogP contribution in [0.4, 0.5) is 0 Å². The van der Waals surface area contributed by atoms with Crippen LogP contribution < -0.4 is 10.6 Å². The molecule has 2 N–H and O–H groups in total. The minimum atomic E-state index is 0.658. The molecule has 3 rings (SSSR count). The number of halogens is 2. The summed E-state index contributed by atoms with van der Waals surface area (Å²) >= 11 is 12.0. The van der Waals surface area contributed by atoms with E-state index in [1.807, 2.05) is 54.6 Å². The summed E-state index contributed by atoms with van der Waals surface area (Å²) < 4.78 is 0. The van der Waals surface area contributed by atoms with Crippen LogP contribution in [0.1, 0.15) is 11.1 Å². The van der Waals surface area contributed by atoms with Crippen LogP contribution in [0.5, 0.6) is 0 Å². The van der Waals surface area contributed by atoms with E-state index in [-0.39, 0.29) is 0 Å². The van der Waals surface area contributed by atoms with E-state index in [1.54, 1.807) is 12.3 Å². The van der Waals surface area contributed by atoms with E-state index in [4.69, 9.17) is 23.2 Å². The second-order valence-corrected chi connectivity index (χ2v) is 6.31. The largest absolute Gasteiger partial charge is 0.367 e. The van der Waals surface area contributed by atoms with Gasteiger partial charge in [0.2, 0.25) is 0 Å². The Balaban J connectivity index is 1.75. The molecule has 5 heteroatoms. The summed E-state index contributed by atoms with van der Waals surface area (Å²) in [5, 5.41) is 8.06. The predicted molar refractivity (Wildman–Crippen MR) is 107 cm³/mol. The molecule has 0 aromatic heterocycles. The molecule has 126 valence electrons. The Labute approximate surface area is 157 Å². The summed E-state index contributed by atoms with van der Waals surface area (Å²) in [5.74, 6) is 1.59. The molecule has 25 heavy (non-hydrogen) atoms. The van der Waals surface area contributed by atoms with E-state index >= 15 is 0 Å². The lowest BCUT2D eigenvalue weighted by molar-refractivity contribution is 0.731. The van der Waals surface area contributed by atoms with E-state index in [1.165, 1.54) is 0 Å². The quantitative estimate of drug-likeness (QED) is 0.763. The van der Waals surface area contributed by atoms with Crippen molar-refractivity contribution in [2.75, 3.05) is 0 Å². The third-order valence-corrected chi connectivity index (χ3v) is 4.17. The first-order valence-electron chi connectivity index (χ1n) is 7.78. The Morgan fingerprint density at radius 3 is 2.64 bits per heavy atom. The summed E-state index contributed by atoms with van der Waals surface area (Å²) in [6.07, 6.45) is 5.42. The Kier molecular flexibility index (Phi) is 5.59. The Bertz CT molecular complexity index is 865. The summed E-state index contributed by atoms with van der Waals surface area (Å²) in [5.41, 5.74) is 3.00. The number of allylic oxidation sites excluding steroid dienone is 3. The van der Waals surface area contributed by atoms with Crippen molar-refractivity contribution in [2.24, 2.45) is 4.99 Å². The van der Waals surface area contributed by atoms with Gasteiger partial charge in [-0.3, -0.25) is 0 Å². The molecule has 0 atom stereocenters. The molecule has 2 aromatic carbocycles. The predicted octanol–water partition coefficient (Wildman–Crippen LogP) is 5.15. The highest BCUT2D eigenvalue weighted by molar-refractivity contribution is 6.30. The lowest BCUT2D eigenvalue weighted by atomic mass is 10.1. The number of aliphatic imine (C=N–C) groups is 1. The van der Waals surface area contributed by atoms with Crippen LogP contribution >= 0.6 is 23.2 Å². The first-order valence-corrected chi connectivity index (χ1v) is 8.53. The summed E-state index contributed by atoms with van der Waals surface area (Å²) in [7, 11) is 0. The zero-order chi connectivity index (χ0) is 17.6. The number of rotatable bonds is 5. The van der Waals surface area contributed by atoms with E-state index < -0.39 is 0 Å². The molecule has 0 radical (unpaired) electrons. The second kappa shape index (κ2) is 8.06. The highest BCUT2D eigenvalue weighted by Gasteiger charge is 2.10. The number of nitrogens with one attached hydrogen (secondary N) is 2. The Hall–Kier alpha value is -2.49. The van der Waals surface area contributed by atoms with Crippen molar-refractivity contribution in [3.8, 4) is 0 Å². The average Bonchev–Trinajstić information content (AvgIpc) is 2.63. The first-order chi connectivity index (χ1) is 12.2. The van der Waals surface area contributed by atoms with Gasteiger partial charge in [-0.15, -0.1) is 0 Å². The van der Waals surface area contributed by atoms with Crippen molar-refractivity contribution in [1.29, 1.82) is 0 Å². The highest BCUT2D eigenvalue weighted by atomic mass is 35.5. The second-order valence-electron chi connectivity index (χ2n) is 5.44. The summed E-state index contributed by atoms with van der Waals surface area (Å²) in [6, 6.07) is 15.3. The molecule has 1 heterocycles. The van der Waals surface area contributed by atoms with Crippen LogP contribution in [0, 0.1) is 0 Å². The van der Waals surface area contributed by atoms with Gasteiger partial charge >= 0.3 is 0 Å². The molecule has 1 aliphatic heterocycles. The lowest BCUT2D eigenvalue weighted by Crippen LogP contribution is -2.28. The van der Waals surface area contributed by atoms with Crippen LogP contribution in [-0.2, 0) is 6.54 Å². The van der Waals surface area contributed by atoms with Crippen molar-refractivity contribution < 1.29 is 0 Å². The zero-order valence-electron chi connectivity index (χ0n) is 13.5. The van der Waals surface area contributed by atoms with Crippen molar-refractivity contribution >= 4 is 35.0 Å². The zero-order valence-corrected chi connectivity index (χ0v) is 15.0. The third-order valence-electron chi connectivity index (χ3n) is 3.68. The van der Waals surface area contributed by atoms with Gasteiger partial charge in [-0.2, -0.15) is 0 Å². The minimum Gasteiger partial charge on any atom is -0.367 e. The van der Waals surface area contributed by atoms with Crippen molar-refractivity contribution in [3.63, 3.8) is 0 Å². The first kappa shape index (κ1) is 17.3. The maximum absolute atomic E-state index is 6.02. The standard InChI is InChI=1S/C20H17Cl2N3/c1-2-18(15-6-8-16(21)9-7-15)20-23-11-10-19(25-20)24-13-14-4-3-5-17(22)12-14/h2-12,24-25H,1,13H2/b20-18+. The molecule has 2 aromatic rings. The molecule has 0 unspecified atom stereocenters. The molecule has 0 saturated heterocycles. The average molecular weight is 370 g/mol. The Morgan fingerprint density at radius 2 is 1.92 bits per heavy atom. The van der Waals surface area contributed by atoms with Gasteiger partial charge in [0.05, 0.1) is 0 Å². The Morgan fingerprint density at radius 1 is 1.12 bits per heavy atom. The fraction of sp³-hybridized carbons (Fsp3) is 0.0500. The smallest absolute Gasteiger partial charge is 0.139 e. The van der Waals surface area contributed by atoms with Gasteiger partial charge < -0.3 is 10.6 Å². The fourth-order valence-corrected chi connectivity index (χ4v) is 2.79. The van der Waals surface area contributed by atoms with Crippen LogP contribution in [0.3, 0.4) is 0 Å². The summed E-state index contributed by atoms with van der Waals surface area (Å²) in [6.45, 7) is 4.56. The van der Waals surface area contributed by atoms with Gasteiger partial charge in [-0.1, -0.05) is 60.1 Å². The lowest BCUT2D eigenvalue weighted by Gasteiger charge is -2.18. The molecule has 0 saturated carbocycles. The monoisotopic (exact) mass is 369 g/mol. The van der Waals surface area contributed by atoms with Crippen molar-refractivity contribution in [3.05, 3.63) is 100 Å². The molecule has 0 bridgehead atoms. The van der Waals surface area contributed by atoms with Gasteiger partial charge in [0.1, 0.15) is 11.6 Å². The molecule has 0 aliphatic carbocycles. The van der Waals surface area contributed by atoms with E-state index in [9.17, 15) is 0 Å². The molecule has 1 aliphatic rings. The topological polar surface area (TPSA) is 36.4 Å². The number of benzene rings is 2. The van der Waals surface area contributed by atoms with Crippen molar-refractivity contribution in [1.82, 2.24) is 10.6 Å². The number of hydrogen-bond acceptors (Lipinski definition) is 3. The van der Waals surface area contributed by atoms with Gasteiger partial charge in [-0.05, 0) is 41.5 Å². The molecular weight excluding hydrogens is 353 g/mol. The van der Waals surface area contributed by atoms with Crippen molar-refractivity contribution in [2.45, 2.75) is 6.54 Å². The van der Waals surface area contributed by atoms with Crippen LogP contribution in [0.2, 0.25) is 10.0 Å². The van der Waals surface area contributed by atoms with E-state index in [2.05, 4.69) is 22.2 Å².